The van der Waals surface area contributed by atoms with Gasteiger partial charge in [-0.1, -0.05) is 22.0 Å². The molecule has 0 radical (unpaired) electrons. The average Bonchev–Trinajstić information content (AvgIpc) is 2.48. The summed E-state index contributed by atoms with van der Waals surface area (Å²) >= 11 is 3.44. The zero-order valence-electron chi connectivity index (χ0n) is 8.04. The molecule has 0 aliphatic carbocycles. The van der Waals surface area contributed by atoms with E-state index in [9.17, 15) is 5.11 Å². The lowest BCUT2D eigenvalue weighted by Crippen LogP contribution is -2.13. The van der Waals surface area contributed by atoms with Gasteiger partial charge in [-0.2, -0.15) is 0 Å². The molecule has 0 aliphatic rings. The maximum absolute atomic E-state index is 9.77. The van der Waals surface area contributed by atoms with E-state index in [0.717, 1.165) is 15.4 Å². The van der Waals surface area contributed by atoms with Crippen molar-refractivity contribution < 1.29 is 9.52 Å². The Bertz CT molecular complexity index is 466. The molecule has 2 nitrogen and oxygen atoms in total. The molecule has 0 saturated heterocycles. The molecule has 0 saturated carbocycles. The van der Waals surface area contributed by atoms with E-state index in [2.05, 4.69) is 15.9 Å². The highest BCUT2D eigenvalue weighted by Gasteiger charge is 2.21. The normalized spacial score (nSPS) is 12.3. The second-order valence-electron chi connectivity index (χ2n) is 3.82. The first-order valence-corrected chi connectivity index (χ1v) is 5.19. The highest BCUT2D eigenvalue weighted by atomic mass is 79.9. The Hall–Kier alpha value is -0.800. The monoisotopic (exact) mass is 254 g/mol. The molecule has 74 valence electrons. The summed E-state index contributed by atoms with van der Waals surface area (Å²) in [6.07, 6.45) is 0. The molecule has 0 spiro atoms. The number of furan rings is 1. The Morgan fingerprint density at radius 3 is 2.64 bits per heavy atom. The summed E-state index contributed by atoms with van der Waals surface area (Å²) in [5.41, 5.74) is -0.144. The van der Waals surface area contributed by atoms with Gasteiger partial charge in [-0.3, -0.25) is 0 Å². The van der Waals surface area contributed by atoms with Crippen LogP contribution >= 0.6 is 15.9 Å². The van der Waals surface area contributed by atoms with E-state index in [1.807, 2.05) is 24.3 Å². The molecule has 0 fully saturated rings. The number of aliphatic hydroxyl groups is 1. The van der Waals surface area contributed by atoms with Crippen molar-refractivity contribution in [3.05, 3.63) is 34.5 Å². The summed E-state index contributed by atoms with van der Waals surface area (Å²) in [7, 11) is 0. The van der Waals surface area contributed by atoms with Crippen LogP contribution in [0.2, 0.25) is 0 Å². The molecule has 0 atom stereocenters. The number of hydrogen-bond acceptors (Lipinski definition) is 2. The lowest BCUT2D eigenvalue weighted by atomic mass is 10.1. The van der Waals surface area contributed by atoms with Crippen LogP contribution in [0.15, 0.2) is 33.2 Å². The first-order valence-electron chi connectivity index (χ1n) is 4.39. The standard InChI is InChI=1S/C11H11BrO2/c1-11(2,13)10-6-7-8(12)4-3-5-9(7)14-10/h3-6,13H,1-2H3. The van der Waals surface area contributed by atoms with Gasteiger partial charge in [0.2, 0.25) is 0 Å². The maximum Gasteiger partial charge on any atom is 0.136 e. The highest BCUT2D eigenvalue weighted by molar-refractivity contribution is 9.10. The molecule has 0 amide bonds. The second-order valence-corrected chi connectivity index (χ2v) is 4.68. The number of hydrogen-bond donors (Lipinski definition) is 1. The Morgan fingerprint density at radius 1 is 1.36 bits per heavy atom. The van der Waals surface area contributed by atoms with Crippen LogP contribution in [0.1, 0.15) is 19.6 Å². The van der Waals surface area contributed by atoms with Gasteiger partial charge in [0, 0.05) is 9.86 Å². The maximum atomic E-state index is 9.77. The number of benzene rings is 1. The molecule has 2 rings (SSSR count). The lowest BCUT2D eigenvalue weighted by Gasteiger charge is -2.12. The van der Waals surface area contributed by atoms with Crippen molar-refractivity contribution in [3.63, 3.8) is 0 Å². The lowest BCUT2D eigenvalue weighted by molar-refractivity contribution is 0.0559. The summed E-state index contributed by atoms with van der Waals surface area (Å²) in [5.74, 6) is 0.583. The summed E-state index contributed by atoms with van der Waals surface area (Å²) in [5, 5.41) is 10.8. The number of halogens is 1. The van der Waals surface area contributed by atoms with Gasteiger partial charge in [0.25, 0.3) is 0 Å². The smallest absolute Gasteiger partial charge is 0.136 e. The van der Waals surface area contributed by atoms with E-state index in [0.29, 0.717) is 5.76 Å². The molecule has 14 heavy (non-hydrogen) atoms. The van der Waals surface area contributed by atoms with Crippen molar-refractivity contribution in [2.75, 3.05) is 0 Å². The van der Waals surface area contributed by atoms with Crippen LogP contribution < -0.4 is 0 Å². The van der Waals surface area contributed by atoms with Crippen molar-refractivity contribution >= 4 is 26.9 Å². The zero-order chi connectivity index (χ0) is 10.3. The second kappa shape index (κ2) is 3.11. The Balaban J connectivity index is 2.69. The largest absolute Gasteiger partial charge is 0.458 e. The van der Waals surface area contributed by atoms with E-state index in [1.54, 1.807) is 13.8 Å². The van der Waals surface area contributed by atoms with Gasteiger partial charge in [0.1, 0.15) is 16.9 Å². The fourth-order valence-corrected chi connectivity index (χ4v) is 1.79. The molecule has 3 heteroatoms. The highest BCUT2D eigenvalue weighted by Crippen LogP contribution is 2.31. The summed E-state index contributed by atoms with van der Waals surface area (Å²) in [4.78, 5) is 0. The Labute approximate surface area is 90.7 Å². The topological polar surface area (TPSA) is 33.4 Å². The molecule has 2 aromatic rings. The van der Waals surface area contributed by atoms with Crippen molar-refractivity contribution in [2.45, 2.75) is 19.4 Å². The third-order valence-electron chi connectivity index (χ3n) is 2.11. The molecule has 1 heterocycles. The molecule has 0 aliphatic heterocycles. The molecular weight excluding hydrogens is 244 g/mol. The van der Waals surface area contributed by atoms with Gasteiger partial charge in [-0.25, -0.2) is 0 Å². The van der Waals surface area contributed by atoms with Gasteiger partial charge in [0.05, 0.1) is 0 Å². The van der Waals surface area contributed by atoms with Crippen LogP contribution in [0.4, 0.5) is 0 Å². The first kappa shape index (κ1) is 9.74. The zero-order valence-corrected chi connectivity index (χ0v) is 9.63. The van der Waals surface area contributed by atoms with Crippen molar-refractivity contribution in [1.82, 2.24) is 0 Å². The predicted octanol–water partition coefficient (Wildman–Crippen LogP) is 3.42. The van der Waals surface area contributed by atoms with Crippen LogP contribution in [-0.4, -0.2) is 5.11 Å². The minimum Gasteiger partial charge on any atom is -0.458 e. The van der Waals surface area contributed by atoms with Crippen LogP contribution in [-0.2, 0) is 5.60 Å². The Morgan fingerprint density at radius 2 is 2.07 bits per heavy atom. The van der Waals surface area contributed by atoms with Crippen LogP contribution in [0.25, 0.3) is 11.0 Å². The molecule has 1 aromatic heterocycles. The quantitative estimate of drug-likeness (QED) is 0.846. The third kappa shape index (κ3) is 1.57. The van der Waals surface area contributed by atoms with Gasteiger partial charge in [-0.05, 0) is 32.0 Å². The molecular formula is C11H11BrO2. The Kier molecular flexibility index (Phi) is 2.16. The molecule has 0 unspecified atom stereocenters. The van der Waals surface area contributed by atoms with E-state index < -0.39 is 5.60 Å². The van der Waals surface area contributed by atoms with E-state index in [-0.39, 0.29) is 0 Å². The van der Waals surface area contributed by atoms with Crippen molar-refractivity contribution in [2.24, 2.45) is 0 Å². The fourth-order valence-electron chi connectivity index (χ4n) is 1.33. The van der Waals surface area contributed by atoms with Crippen LogP contribution in [0.5, 0.6) is 0 Å². The van der Waals surface area contributed by atoms with Gasteiger partial charge >= 0.3 is 0 Å². The molecule has 1 N–H and O–H groups in total. The average molecular weight is 255 g/mol. The van der Waals surface area contributed by atoms with E-state index in [1.165, 1.54) is 0 Å². The first-order chi connectivity index (χ1) is 6.48. The number of fused-ring (bicyclic) bond motifs is 1. The van der Waals surface area contributed by atoms with Gasteiger partial charge in [-0.15, -0.1) is 0 Å². The SMILES string of the molecule is CC(C)(O)c1cc2c(Br)cccc2o1. The summed E-state index contributed by atoms with van der Waals surface area (Å²) in [6, 6.07) is 7.60. The minimum atomic E-state index is -0.932. The van der Waals surface area contributed by atoms with Crippen molar-refractivity contribution in [1.29, 1.82) is 0 Å². The molecule has 0 bridgehead atoms. The van der Waals surface area contributed by atoms with Gasteiger partial charge in [0.15, 0.2) is 0 Å². The summed E-state index contributed by atoms with van der Waals surface area (Å²) in [6.45, 7) is 3.41. The van der Waals surface area contributed by atoms with Crippen LogP contribution in [0, 0.1) is 0 Å². The van der Waals surface area contributed by atoms with E-state index in [4.69, 9.17) is 4.42 Å². The molecule has 1 aromatic carbocycles. The number of rotatable bonds is 1. The predicted molar refractivity (Wildman–Crippen MR) is 59.2 cm³/mol. The van der Waals surface area contributed by atoms with E-state index >= 15 is 0 Å². The summed E-state index contributed by atoms with van der Waals surface area (Å²) < 4.78 is 6.51. The van der Waals surface area contributed by atoms with Crippen LogP contribution in [0.3, 0.4) is 0 Å². The fraction of sp³-hybridized carbons (Fsp3) is 0.273. The van der Waals surface area contributed by atoms with Crippen molar-refractivity contribution in [3.8, 4) is 0 Å². The minimum absolute atomic E-state index is 0.583. The van der Waals surface area contributed by atoms with Gasteiger partial charge < -0.3 is 9.52 Å². The third-order valence-corrected chi connectivity index (χ3v) is 2.80.